The lowest BCUT2D eigenvalue weighted by molar-refractivity contribution is 0.589. The van der Waals surface area contributed by atoms with Crippen molar-refractivity contribution < 1.29 is 32.9 Å². The molecule has 0 radical (unpaired) electrons. The largest absolute Gasteiger partial charge is 0.309 e. The Morgan fingerprint density at radius 3 is 1.09 bits per heavy atom. The van der Waals surface area contributed by atoms with E-state index in [2.05, 4.69) is 42.0 Å². The van der Waals surface area contributed by atoms with Gasteiger partial charge in [-0.05, 0) is 156 Å². The first kappa shape index (κ1) is 38.6. The summed E-state index contributed by atoms with van der Waals surface area (Å²) < 4.78 is 245. The highest BCUT2D eigenvalue weighted by molar-refractivity contribution is 7.00. The fraction of sp³-hybridized carbons (Fsp3) is 0.0625. The molecule has 0 atom stereocenters. The first-order valence-corrected chi connectivity index (χ1v) is 33.6. The Morgan fingerprint density at radius 2 is 0.673 bits per heavy atom. The average molecular weight is 1310 g/mol. The minimum absolute atomic E-state index is 0.0197. The zero-order valence-corrected chi connectivity index (χ0v) is 54.5. The number of rotatable bonds is 4. The second kappa shape index (κ2) is 21.5. The summed E-state index contributed by atoms with van der Waals surface area (Å²) in [5.41, 5.74) is 0.998. The molecule has 101 heavy (non-hydrogen) atoms. The van der Waals surface area contributed by atoms with Crippen LogP contribution in [-0.4, -0.2) is 25.0 Å². The third-order valence-electron chi connectivity index (χ3n) is 20.7. The van der Waals surface area contributed by atoms with Crippen LogP contribution >= 0.6 is 0 Å². The van der Waals surface area contributed by atoms with Crippen molar-refractivity contribution in [1.82, 2.24) is 18.3 Å². The Hall–Kier alpha value is -12.4. The summed E-state index contributed by atoms with van der Waals surface area (Å²) in [6.45, 7) is -1.85. The fourth-order valence-electron chi connectivity index (χ4n) is 16.5. The van der Waals surface area contributed by atoms with E-state index in [9.17, 15) is 24.7 Å². The van der Waals surface area contributed by atoms with Gasteiger partial charge < -0.3 is 18.3 Å². The molecule has 0 unspecified atom stereocenters. The predicted octanol–water partition coefficient (Wildman–Crippen LogP) is 23.3. The van der Waals surface area contributed by atoms with Crippen LogP contribution in [0.1, 0.15) is 70.4 Å². The molecule has 2 aliphatic heterocycles. The number of nitrogens with zero attached hydrogens (tertiary/aromatic N) is 4. The van der Waals surface area contributed by atoms with Crippen molar-refractivity contribution in [1.29, 1.82) is 0 Å². The molecule has 21 rings (SSSR count). The van der Waals surface area contributed by atoms with Crippen LogP contribution in [0, 0.1) is 13.7 Å². The highest BCUT2D eigenvalue weighted by Crippen LogP contribution is 2.48. The molecule has 4 aromatic heterocycles. The number of benzene rings is 15. The standard InChI is InChI=1S/C96H67BN4/c1-58-46-50-83-77(54-58)71-36-20-22-44-81(71)98(83)85-52-48-79-94-89(85)73-38-18-16-32-67(73)65-30-12-14-34-69(65)75-42-24-40-63(60-26-8-6-9-27-60)92(75)100(94)87-56-62(96(3,4)5)57-88-91(87)97(79)80-49-53-86(99-82-45-23-21-37-72(82)78-55-59(2)47-51-84(78)99)90-74-39-19-17-33-68(74)66-31-13-15-35-70(66)76-43-25-41-64(61-28-10-7-11-29-61)93(76)101(88)95(80)90/h6-57H,1-5H3/i1D3,2D3,20D,21D,22D,23D,36D,37D,44D,45D,46D,47D,48D,49D,50D,51D,52D,53D,54D,55D. The molecule has 5 heteroatoms. The van der Waals surface area contributed by atoms with Gasteiger partial charge in [-0.15, -0.1) is 0 Å². The van der Waals surface area contributed by atoms with Gasteiger partial charge in [0, 0.05) is 73.8 Å². The first-order valence-electron chi connectivity index (χ1n) is 45.6. The SMILES string of the molecule is [2H]c1c([2H])c2c3c(c1-n1c4c([2H])c([2H])c([2H])c([2H])c4c4c([2H])c(C([2H])([2H])[2H])c([2H])c([2H])c41)c1ccccc1c1ccccc1c1cccc(-c4ccccc4)c1n3-c1cc(C(C)(C)C)cc3c1B2c1c([2H])c([2H])c(-n2c4c([2H])c([2H])c([2H])c([2H])c4c4c([2H])c(C([2H])([2H])[2H])c([2H])c([2H])c42)c2c4ccccc4c4ccccc4c4cccc(-c5ccccc5)c4n-3c12. The molecule has 0 spiro atoms. The average Bonchev–Trinajstić information content (AvgIpc) is 1.65. The molecule has 0 aliphatic carbocycles. The highest BCUT2D eigenvalue weighted by Gasteiger charge is 2.42. The first-order chi connectivity index (χ1) is 59.6. The fourth-order valence-corrected chi connectivity index (χ4v) is 16.5. The highest BCUT2D eigenvalue weighted by atomic mass is 15.1. The Kier molecular flexibility index (Phi) is 8.24. The molecule has 0 bridgehead atoms. The van der Waals surface area contributed by atoms with E-state index in [0.29, 0.717) is 110 Å². The van der Waals surface area contributed by atoms with Gasteiger partial charge in [0.1, 0.15) is 0 Å². The van der Waals surface area contributed by atoms with Gasteiger partial charge >= 0.3 is 0 Å². The van der Waals surface area contributed by atoms with Crippen LogP contribution in [0.4, 0.5) is 0 Å². The lowest BCUT2D eigenvalue weighted by atomic mass is 9.34. The van der Waals surface area contributed by atoms with E-state index >= 15 is 0 Å². The van der Waals surface area contributed by atoms with E-state index in [-0.39, 0.29) is 44.1 Å². The molecule has 0 fully saturated rings. The number of hydrogen-bond acceptors (Lipinski definition) is 0. The maximum absolute atomic E-state index is 11.8. The van der Waals surface area contributed by atoms with Gasteiger partial charge in [0.05, 0.1) is 80.2 Å². The summed E-state index contributed by atoms with van der Waals surface area (Å²) in [6, 6.07) is 52.1. The smallest absolute Gasteiger partial charge is 0.252 e. The second-order valence-corrected chi connectivity index (χ2v) is 27.1. The molecule has 4 nitrogen and oxygen atoms in total. The molecular weight excluding hydrogens is 1220 g/mol. The number of para-hydroxylation sites is 4. The molecular formula is C96H67BN4. The zero-order chi connectivity index (χ0) is 87.8. The molecule has 0 amide bonds. The molecule has 19 aromatic rings. The third kappa shape index (κ3) is 8.20. The number of aromatic nitrogens is 4. The van der Waals surface area contributed by atoms with Crippen molar-refractivity contribution in [2.24, 2.45) is 0 Å². The Bertz CT molecular complexity index is 7930. The van der Waals surface area contributed by atoms with Gasteiger partial charge in [0.2, 0.25) is 0 Å². The van der Waals surface area contributed by atoms with E-state index in [1.165, 1.54) is 9.13 Å². The maximum atomic E-state index is 11.8. The maximum Gasteiger partial charge on any atom is 0.252 e. The van der Waals surface area contributed by atoms with E-state index in [4.69, 9.17) is 8.22 Å². The lowest BCUT2D eigenvalue weighted by Crippen LogP contribution is -2.60. The van der Waals surface area contributed by atoms with Crippen LogP contribution in [0.25, 0.3) is 175 Å². The topological polar surface area (TPSA) is 19.7 Å². The molecule has 0 saturated heterocycles. The van der Waals surface area contributed by atoms with E-state index < -0.39 is 189 Å². The molecule has 15 aromatic carbocycles. The van der Waals surface area contributed by atoms with Crippen LogP contribution in [0.15, 0.2) is 315 Å². The summed E-state index contributed by atoms with van der Waals surface area (Å²) >= 11 is 0. The van der Waals surface area contributed by atoms with Crippen molar-refractivity contribution in [2.45, 2.75) is 39.9 Å². The van der Waals surface area contributed by atoms with Gasteiger partial charge in [0.15, 0.2) is 0 Å². The summed E-state index contributed by atoms with van der Waals surface area (Å²) in [7, 11) is 0. The molecule has 6 heterocycles. The summed E-state index contributed by atoms with van der Waals surface area (Å²) in [4.78, 5) is 0. The molecule has 474 valence electrons. The minimum Gasteiger partial charge on any atom is -0.309 e. The molecule has 2 aliphatic rings. The normalized spacial score (nSPS) is 16.2. The third-order valence-corrected chi connectivity index (χ3v) is 20.7. The van der Waals surface area contributed by atoms with Crippen LogP contribution in [0.3, 0.4) is 0 Å². The van der Waals surface area contributed by atoms with Crippen LogP contribution in [0.2, 0.25) is 0 Å². The number of fused-ring (bicyclic) bond motifs is 24. The molecule has 0 N–H and O–H groups in total. The Balaban J connectivity index is 1.14. The quantitative estimate of drug-likeness (QED) is 0.157. The minimum atomic E-state index is -3.24. The van der Waals surface area contributed by atoms with E-state index in [0.717, 1.165) is 0 Å². The van der Waals surface area contributed by atoms with Gasteiger partial charge in [0.25, 0.3) is 6.71 Å². The monoisotopic (exact) mass is 1310 g/mol. The van der Waals surface area contributed by atoms with Crippen LogP contribution in [0.5, 0.6) is 0 Å². The van der Waals surface area contributed by atoms with E-state index in [1.54, 1.807) is 12.1 Å². The second-order valence-electron chi connectivity index (χ2n) is 27.1. The van der Waals surface area contributed by atoms with Gasteiger partial charge in [-0.2, -0.15) is 0 Å². The van der Waals surface area contributed by atoms with E-state index in [1.807, 2.05) is 182 Å². The Morgan fingerprint density at radius 1 is 0.307 bits per heavy atom. The van der Waals surface area contributed by atoms with Crippen molar-refractivity contribution >= 4 is 153 Å². The van der Waals surface area contributed by atoms with Crippen LogP contribution < -0.4 is 16.4 Å². The Labute approximate surface area is 618 Å². The van der Waals surface area contributed by atoms with Gasteiger partial charge in [-0.1, -0.05) is 286 Å². The number of hydrogen-bond donors (Lipinski definition) is 0. The van der Waals surface area contributed by atoms with Crippen molar-refractivity contribution in [3.8, 4) is 45.0 Å². The molecule has 0 saturated carbocycles. The summed E-state index contributed by atoms with van der Waals surface area (Å²) in [5, 5.41) is 4.12. The lowest BCUT2D eigenvalue weighted by Gasteiger charge is -2.38. The van der Waals surface area contributed by atoms with Gasteiger partial charge in [-0.3, -0.25) is 0 Å². The predicted molar refractivity (Wildman–Crippen MR) is 433 cm³/mol. The summed E-state index contributed by atoms with van der Waals surface area (Å²) in [6.07, 6.45) is 0. The van der Waals surface area contributed by atoms with Crippen molar-refractivity contribution in [3.63, 3.8) is 0 Å². The van der Waals surface area contributed by atoms with Crippen LogP contribution in [-0.2, 0) is 5.41 Å². The zero-order valence-electron chi connectivity index (χ0n) is 78.5. The van der Waals surface area contributed by atoms with Crippen molar-refractivity contribution in [2.75, 3.05) is 0 Å². The summed E-state index contributed by atoms with van der Waals surface area (Å²) in [5.74, 6) is 0. The van der Waals surface area contributed by atoms with Crippen molar-refractivity contribution in [3.05, 3.63) is 332 Å². The van der Waals surface area contributed by atoms with Gasteiger partial charge in [-0.25, -0.2) is 0 Å².